The fourth-order valence-electron chi connectivity index (χ4n) is 2.12. The lowest BCUT2D eigenvalue weighted by Gasteiger charge is -2.20. The van der Waals surface area contributed by atoms with Gasteiger partial charge in [-0.2, -0.15) is 0 Å². The molecule has 0 fully saturated rings. The Morgan fingerprint density at radius 3 is 2.30 bits per heavy atom. The van der Waals surface area contributed by atoms with Gasteiger partial charge in [0, 0.05) is 24.5 Å². The van der Waals surface area contributed by atoms with Gasteiger partial charge in [-0.1, -0.05) is 39.0 Å². The maximum Gasteiger partial charge on any atom is 0.222 e. The van der Waals surface area contributed by atoms with Crippen LogP contribution in [0.1, 0.15) is 38.8 Å². The summed E-state index contributed by atoms with van der Waals surface area (Å²) in [5, 5.41) is 3.11. The summed E-state index contributed by atoms with van der Waals surface area (Å²) < 4.78 is 0. The number of benzene rings is 1. The summed E-state index contributed by atoms with van der Waals surface area (Å²) in [5.74, 6) is 0.681. The monoisotopic (exact) mass is 269 g/mol. The highest BCUT2D eigenvalue weighted by Gasteiger charge is 2.15. The van der Waals surface area contributed by atoms with Crippen LogP contribution in [0.15, 0.2) is 30.6 Å². The van der Waals surface area contributed by atoms with Crippen molar-refractivity contribution in [3.05, 3.63) is 41.7 Å². The van der Waals surface area contributed by atoms with E-state index in [1.54, 1.807) is 0 Å². The van der Waals surface area contributed by atoms with E-state index in [1.165, 1.54) is 16.7 Å². The molecule has 0 atom stereocenters. The van der Waals surface area contributed by atoms with E-state index in [4.69, 9.17) is 0 Å². The van der Waals surface area contributed by atoms with Crippen molar-refractivity contribution < 1.29 is 0 Å². The molecule has 0 amide bonds. The Kier molecular flexibility index (Phi) is 4.07. The molecule has 1 aromatic carbocycles. The van der Waals surface area contributed by atoms with Gasteiger partial charge in [-0.15, -0.1) is 0 Å². The van der Waals surface area contributed by atoms with Crippen molar-refractivity contribution in [3.8, 4) is 11.1 Å². The molecular weight excluding hydrogens is 246 g/mol. The number of aryl methyl sites for hydroxylation is 1. The van der Waals surface area contributed by atoms with Crippen molar-refractivity contribution in [2.75, 3.05) is 11.9 Å². The molecule has 0 saturated heterocycles. The lowest BCUT2D eigenvalue weighted by atomic mass is 9.84. The highest BCUT2D eigenvalue weighted by atomic mass is 15.1. The molecule has 3 heteroatoms. The molecule has 0 aliphatic rings. The molecule has 1 heterocycles. The van der Waals surface area contributed by atoms with Crippen LogP contribution in [0.5, 0.6) is 0 Å². The lowest BCUT2D eigenvalue weighted by molar-refractivity contribution is 0.590. The minimum absolute atomic E-state index is 0.146. The minimum Gasteiger partial charge on any atom is -0.355 e. The van der Waals surface area contributed by atoms with Crippen LogP contribution < -0.4 is 5.32 Å². The third-order valence-electron chi connectivity index (χ3n) is 3.40. The van der Waals surface area contributed by atoms with Crippen molar-refractivity contribution in [1.82, 2.24) is 9.97 Å². The zero-order chi connectivity index (χ0) is 14.8. The van der Waals surface area contributed by atoms with E-state index in [0.29, 0.717) is 5.95 Å². The first kappa shape index (κ1) is 14.5. The normalized spacial score (nSPS) is 11.4. The Bertz CT molecular complexity index is 580. The van der Waals surface area contributed by atoms with Crippen molar-refractivity contribution in [2.24, 2.45) is 0 Å². The molecule has 0 bridgehead atoms. The predicted molar refractivity (Wildman–Crippen MR) is 85.1 cm³/mol. The molecule has 1 aromatic heterocycles. The highest BCUT2D eigenvalue weighted by Crippen LogP contribution is 2.29. The van der Waals surface area contributed by atoms with Crippen LogP contribution in [-0.2, 0) is 5.41 Å². The van der Waals surface area contributed by atoms with E-state index in [0.717, 1.165) is 12.1 Å². The molecule has 0 spiro atoms. The average molecular weight is 269 g/mol. The SMILES string of the molecule is CCNc1ncc(-c2cc(C(C)(C)C)ccc2C)cn1. The molecule has 2 rings (SSSR count). The standard InChI is InChI=1S/C17H23N3/c1-6-18-16-19-10-13(11-20-16)15-9-14(17(3,4)5)8-7-12(15)2/h7-11H,6H2,1-5H3,(H,18,19,20). The summed E-state index contributed by atoms with van der Waals surface area (Å²) >= 11 is 0. The zero-order valence-corrected chi connectivity index (χ0v) is 13.0. The molecule has 106 valence electrons. The number of aromatic nitrogens is 2. The van der Waals surface area contributed by atoms with E-state index >= 15 is 0 Å². The largest absolute Gasteiger partial charge is 0.355 e. The summed E-state index contributed by atoms with van der Waals surface area (Å²) in [4.78, 5) is 8.71. The third-order valence-corrected chi connectivity index (χ3v) is 3.40. The number of hydrogen-bond donors (Lipinski definition) is 1. The predicted octanol–water partition coefficient (Wildman–Crippen LogP) is 4.18. The number of hydrogen-bond acceptors (Lipinski definition) is 3. The first-order chi connectivity index (χ1) is 9.41. The van der Waals surface area contributed by atoms with Crippen LogP contribution in [0, 0.1) is 6.92 Å². The molecule has 0 unspecified atom stereocenters. The Balaban J connectivity index is 2.41. The Morgan fingerprint density at radius 2 is 1.75 bits per heavy atom. The van der Waals surface area contributed by atoms with Gasteiger partial charge in [0.15, 0.2) is 0 Å². The van der Waals surface area contributed by atoms with Gasteiger partial charge >= 0.3 is 0 Å². The molecule has 0 aliphatic heterocycles. The topological polar surface area (TPSA) is 37.8 Å². The third kappa shape index (κ3) is 3.16. The molecule has 3 nitrogen and oxygen atoms in total. The van der Waals surface area contributed by atoms with Gasteiger partial charge in [0.05, 0.1) is 0 Å². The van der Waals surface area contributed by atoms with Gasteiger partial charge in [0.25, 0.3) is 0 Å². The summed E-state index contributed by atoms with van der Waals surface area (Å²) in [6, 6.07) is 6.63. The second-order valence-corrected chi connectivity index (χ2v) is 6.11. The van der Waals surface area contributed by atoms with Crippen LogP contribution >= 0.6 is 0 Å². The molecule has 0 radical (unpaired) electrons. The Morgan fingerprint density at radius 1 is 1.10 bits per heavy atom. The minimum atomic E-state index is 0.146. The lowest BCUT2D eigenvalue weighted by Crippen LogP contribution is -2.11. The van der Waals surface area contributed by atoms with Crippen LogP contribution in [0.2, 0.25) is 0 Å². The van der Waals surface area contributed by atoms with E-state index in [9.17, 15) is 0 Å². The summed E-state index contributed by atoms with van der Waals surface area (Å²) in [7, 11) is 0. The van der Waals surface area contributed by atoms with Crippen molar-refractivity contribution in [3.63, 3.8) is 0 Å². The Hall–Kier alpha value is -1.90. The fourth-order valence-corrected chi connectivity index (χ4v) is 2.12. The summed E-state index contributed by atoms with van der Waals surface area (Å²) in [5.41, 5.74) is 5.00. The van der Waals surface area contributed by atoms with E-state index in [2.05, 4.69) is 61.2 Å². The Labute approximate surface area is 121 Å². The molecule has 0 saturated carbocycles. The number of rotatable bonds is 3. The van der Waals surface area contributed by atoms with Crippen molar-refractivity contribution in [2.45, 2.75) is 40.0 Å². The maximum absolute atomic E-state index is 4.36. The van der Waals surface area contributed by atoms with Crippen LogP contribution in [0.4, 0.5) is 5.95 Å². The fraction of sp³-hybridized carbons (Fsp3) is 0.412. The van der Waals surface area contributed by atoms with Gasteiger partial charge < -0.3 is 5.32 Å². The number of nitrogens with zero attached hydrogens (tertiary/aromatic N) is 2. The molecular formula is C17H23N3. The van der Waals surface area contributed by atoms with Crippen LogP contribution in [0.3, 0.4) is 0 Å². The molecule has 1 N–H and O–H groups in total. The van der Waals surface area contributed by atoms with E-state index in [1.807, 2.05) is 19.3 Å². The summed E-state index contributed by atoms with van der Waals surface area (Å²) in [6.45, 7) is 11.7. The molecule has 2 aromatic rings. The van der Waals surface area contributed by atoms with E-state index in [-0.39, 0.29) is 5.41 Å². The van der Waals surface area contributed by atoms with Crippen LogP contribution in [0.25, 0.3) is 11.1 Å². The van der Waals surface area contributed by atoms with Gasteiger partial charge in [0.2, 0.25) is 5.95 Å². The van der Waals surface area contributed by atoms with Crippen molar-refractivity contribution in [1.29, 1.82) is 0 Å². The molecule has 0 aliphatic carbocycles. The summed E-state index contributed by atoms with van der Waals surface area (Å²) in [6.07, 6.45) is 3.78. The molecule has 20 heavy (non-hydrogen) atoms. The van der Waals surface area contributed by atoms with Gasteiger partial charge in [-0.05, 0) is 36.0 Å². The van der Waals surface area contributed by atoms with Crippen molar-refractivity contribution >= 4 is 5.95 Å². The number of nitrogens with one attached hydrogen (secondary N) is 1. The van der Waals surface area contributed by atoms with Gasteiger partial charge in [0.1, 0.15) is 0 Å². The first-order valence-corrected chi connectivity index (χ1v) is 7.09. The quantitative estimate of drug-likeness (QED) is 0.908. The van der Waals surface area contributed by atoms with E-state index < -0.39 is 0 Å². The average Bonchev–Trinajstić information content (AvgIpc) is 2.39. The highest BCUT2D eigenvalue weighted by molar-refractivity contribution is 5.67. The van der Waals surface area contributed by atoms with Crippen LogP contribution in [-0.4, -0.2) is 16.5 Å². The van der Waals surface area contributed by atoms with Gasteiger partial charge in [-0.3, -0.25) is 0 Å². The first-order valence-electron chi connectivity index (χ1n) is 7.09. The van der Waals surface area contributed by atoms with Gasteiger partial charge in [-0.25, -0.2) is 9.97 Å². The maximum atomic E-state index is 4.36. The second-order valence-electron chi connectivity index (χ2n) is 6.11. The number of anilines is 1. The smallest absolute Gasteiger partial charge is 0.222 e. The zero-order valence-electron chi connectivity index (χ0n) is 13.0. The second kappa shape index (κ2) is 5.61.